The van der Waals surface area contributed by atoms with Gasteiger partial charge < -0.3 is 10.1 Å². The summed E-state index contributed by atoms with van der Waals surface area (Å²) in [6.07, 6.45) is 0. The van der Waals surface area contributed by atoms with Gasteiger partial charge in [0.25, 0.3) is 0 Å². The first-order valence-electron chi connectivity index (χ1n) is 8.16. The summed E-state index contributed by atoms with van der Waals surface area (Å²) in [5, 5.41) is 12.8. The fourth-order valence-corrected chi connectivity index (χ4v) is 3.09. The molecule has 2 aromatic rings. The SMILES string of the molecule is COc1ccc(C)cc1C(C)NCC1C[N]c2cc(C)nn2C1. The van der Waals surface area contributed by atoms with Crippen LogP contribution >= 0.6 is 0 Å². The average Bonchev–Trinajstić information content (AvgIpc) is 2.91. The average molecular weight is 313 g/mol. The van der Waals surface area contributed by atoms with Crippen molar-refractivity contribution in [2.24, 2.45) is 5.92 Å². The van der Waals surface area contributed by atoms with Crippen molar-refractivity contribution in [2.45, 2.75) is 33.4 Å². The number of nitrogens with one attached hydrogen (secondary N) is 1. The molecule has 1 aliphatic heterocycles. The van der Waals surface area contributed by atoms with E-state index in [1.165, 1.54) is 11.1 Å². The first kappa shape index (κ1) is 15.9. The Morgan fingerprint density at radius 1 is 1.35 bits per heavy atom. The summed E-state index contributed by atoms with van der Waals surface area (Å²) < 4.78 is 7.51. The van der Waals surface area contributed by atoms with Gasteiger partial charge in [-0.25, -0.2) is 4.68 Å². The summed E-state index contributed by atoms with van der Waals surface area (Å²) in [6, 6.07) is 8.60. The van der Waals surface area contributed by atoms with Crippen LogP contribution in [0.4, 0.5) is 5.82 Å². The molecule has 123 valence electrons. The van der Waals surface area contributed by atoms with Gasteiger partial charge in [-0.15, -0.1) is 0 Å². The second-order valence-electron chi connectivity index (χ2n) is 6.41. The first-order valence-corrected chi connectivity index (χ1v) is 8.16. The van der Waals surface area contributed by atoms with E-state index in [1.54, 1.807) is 7.11 Å². The molecule has 0 saturated heterocycles. The number of aromatic nitrogens is 2. The molecule has 5 nitrogen and oxygen atoms in total. The van der Waals surface area contributed by atoms with Gasteiger partial charge in [-0.05, 0) is 26.8 Å². The van der Waals surface area contributed by atoms with Crippen LogP contribution in [-0.4, -0.2) is 30.0 Å². The summed E-state index contributed by atoms with van der Waals surface area (Å²) in [7, 11) is 1.72. The molecule has 0 bridgehead atoms. The van der Waals surface area contributed by atoms with Crippen LogP contribution in [0.1, 0.15) is 29.8 Å². The third kappa shape index (κ3) is 3.50. The first-order chi connectivity index (χ1) is 11.1. The minimum Gasteiger partial charge on any atom is -0.496 e. The largest absolute Gasteiger partial charge is 0.496 e. The number of nitrogens with zero attached hydrogens (tertiary/aromatic N) is 3. The van der Waals surface area contributed by atoms with Crippen LogP contribution in [0.25, 0.3) is 0 Å². The van der Waals surface area contributed by atoms with Crippen molar-refractivity contribution in [3.05, 3.63) is 41.1 Å². The predicted octanol–water partition coefficient (Wildman–Crippen LogP) is 2.73. The summed E-state index contributed by atoms with van der Waals surface area (Å²) in [5.41, 5.74) is 3.49. The number of fused-ring (bicyclic) bond motifs is 1. The van der Waals surface area contributed by atoms with Crippen molar-refractivity contribution < 1.29 is 4.74 Å². The zero-order chi connectivity index (χ0) is 16.4. The molecule has 2 heterocycles. The molecule has 0 amide bonds. The molecular weight excluding hydrogens is 288 g/mol. The quantitative estimate of drug-likeness (QED) is 0.923. The van der Waals surface area contributed by atoms with Gasteiger partial charge in [-0.1, -0.05) is 17.7 Å². The van der Waals surface area contributed by atoms with E-state index in [2.05, 4.69) is 41.7 Å². The minimum atomic E-state index is 0.241. The molecule has 0 aliphatic carbocycles. The topological polar surface area (TPSA) is 53.2 Å². The lowest BCUT2D eigenvalue weighted by Crippen LogP contribution is -2.36. The van der Waals surface area contributed by atoms with Crippen LogP contribution in [0.5, 0.6) is 5.75 Å². The zero-order valence-electron chi connectivity index (χ0n) is 14.3. The maximum absolute atomic E-state index is 5.49. The van der Waals surface area contributed by atoms with Crippen LogP contribution in [0, 0.1) is 19.8 Å². The Morgan fingerprint density at radius 3 is 2.96 bits per heavy atom. The summed E-state index contributed by atoms with van der Waals surface area (Å²) in [5.74, 6) is 2.42. The molecule has 23 heavy (non-hydrogen) atoms. The van der Waals surface area contributed by atoms with Crippen LogP contribution in [0.2, 0.25) is 0 Å². The van der Waals surface area contributed by atoms with Crippen molar-refractivity contribution in [3.63, 3.8) is 0 Å². The highest BCUT2D eigenvalue weighted by Gasteiger charge is 2.21. The molecule has 3 rings (SSSR count). The number of hydrogen-bond acceptors (Lipinski definition) is 3. The number of ether oxygens (including phenoxy) is 1. The lowest BCUT2D eigenvalue weighted by molar-refractivity contribution is 0.337. The van der Waals surface area contributed by atoms with Gasteiger partial charge in [0.2, 0.25) is 0 Å². The Balaban J connectivity index is 1.61. The van der Waals surface area contributed by atoms with E-state index in [4.69, 9.17) is 4.74 Å². The number of rotatable bonds is 5. The van der Waals surface area contributed by atoms with Gasteiger partial charge in [0, 0.05) is 43.2 Å². The van der Waals surface area contributed by atoms with Gasteiger partial charge in [0.1, 0.15) is 11.6 Å². The van der Waals surface area contributed by atoms with Crippen LogP contribution in [0.3, 0.4) is 0 Å². The smallest absolute Gasteiger partial charge is 0.145 e. The molecule has 0 fully saturated rings. The predicted molar refractivity (Wildman–Crippen MR) is 91.3 cm³/mol. The molecule has 1 aliphatic rings. The third-order valence-corrected chi connectivity index (χ3v) is 4.39. The Labute approximate surface area is 138 Å². The van der Waals surface area contributed by atoms with Crippen LogP contribution in [0.15, 0.2) is 24.3 Å². The standard InChI is InChI=1S/C18H25N4O/c1-12-5-6-17(23-4)16(7-12)14(3)19-9-15-10-20-18-8-13(2)21-22(18)11-15/h5-8,14-15,19H,9-11H2,1-4H3. The number of aryl methyl sites for hydroxylation is 2. The minimum absolute atomic E-state index is 0.241. The molecule has 1 aromatic carbocycles. The van der Waals surface area contributed by atoms with Gasteiger partial charge in [-0.2, -0.15) is 5.10 Å². The number of methoxy groups -OCH3 is 1. The van der Waals surface area contributed by atoms with Crippen molar-refractivity contribution in [1.29, 1.82) is 0 Å². The molecule has 1 aromatic heterocycles. The van der Waals surface area contributed by atoms with Crippen molar-refractivity contribution in [1.82, 2.24) is 20.4 Å². The Morgan fingerprint density at radius 2 is 2.17 bits per heavy atom. The van der Waals surface area contributed by atoms with E-state index < -0.39 is 0 Å². The fraction of sp³-hybridized carbons (Fsp3) is 0.500. The summed E-state index contributed by atoms with van der Waals surface area (Å²) in [6.45, 7) is 9.01. The highest BCUT2D eigenvalue weighted by atomic mass is 16.5. The highest BCUT2D eigenvalue weighted by Crippen LogP contribution is 2.26. The lowest BCUT2D eigenvalue weighted by atomic mass is 10.0. The molecular formula is C18H25N4O. The second kappa shape index (κ2) is 6.62. The van der Waals surface area contributed by atoms with Gasteiger partial charge in [-0.3, -0.25) is 5.32 Å². The van der Waals surface area contributed by atoms with E-state index >= 15 is 0 Å². The molecule has 1 N–H and O–H groups in total. The molecule has 1 radical (unpaired) electrons. The molecule has 0 saturated carbocycles. The Bertz CT molecular complexity index is 680. The van der Waals surface area contributed by atoms with Gasteiger partial charge in [0.05, 0.1) is 12.8 Å². The van der Waals surface area contributed by atoms with Crippen molar-refractivity contribution in [2.75, 3.05) is 20.2 Å². The Kier molecular flexibility index (Phi) is 4.57. The maximum atomic E-state index is 5.49. The van der Waals surface area contributed by atoms with E-state index in [-0.39, 0.29) is 6.04 Å². The molecule has 5 heteroatoms. The van der Waals surface area contributed by atoms with Crippen molar-refractivity contribution >= 4 is 5.82 Å². The number of hydrogen-bond donors (Lipinski definition) is 1. The summed E-state index contributed by atoms with van der Waals surface area (Å²) >= 11 is 0. The monoisotopic (exact) mass is 313 g/mol. The van der Waals surface area contributed by atoms with Crippen LogP contribution in [-0.2, 0) is 6.54 Å². The number of benzene rings is 1. The summed E-state index contributed by atoms with van der Waals surface area (Å²) in [4.78, 5) is 0. The maximum Gasteiger partial charge on any atom is 0.145 e. The molecule has 0 spiro atoms. The fourth-order valence-electron chi connectivity index (χ4n) is 3.09. The molecule has 2 atom stereocenters. The van der Waals surface area contributed by atoms with Crippen molar-refractivity contribution in [3.8, 4) is 5.75 Å². The second-order valence-corrected chi connectivity index (χ2v) is 6.41. The zero-order valence-corrected chi connectivity index (χ0v) is 14.3. The molecule has 2 unspecified atom stereocenters. The van der Waals surface area contributed by atoms with Gasteiger partial charge in [0.15, 0.2) is 0 Å². The normalized spacial score (nSPS) is 18.2. The Hall–Kier alpha value is -2.01. The van der Waals surface area contributed by atoms with E-state index in [1.807, 2.05) is 23.7 Å². The van der Waals surface area contributed by atoms with Crippen LogP contribution < -0.4 is 15.4 Å². The van der Waals surface area contributed by atoms with E-state index in [0.29, 0.717) is 5.92 Å². The third-order valence-electron chi connectivity index (χ3n) is 4.39. The van der Waals surface area contributed by atoms with E-state index in [9.17, 15) is 0 Å². The highest BCUT2D eigenvalue weighted by molar-refractivity contribution is 5.38. The van der Waals surface area contributed by atoms with Gasteiger partial charge >= 0.3 is 0 Å². The van der Waals surface area contributed by atoms with E-state index in [0.717, 1.165) is 36.9 Å². The lowest BCUT2D eigenvalue weighted by Gasteiger charge is -2.25.